The molecule has 3 rings (SSSR count). The fraction of sp³-hybridized carbons (Fsp3) is 0.368. The lowest BCUT2D eigenvalue weighted by molar-refractivity contribution is 0.122. The molecular weight excluding hydrogens is 258 g/mol. The first-order valence-electron chi connectivity index (χ1n) is 7.77. The number of aliphatic hydroxyl groups excluding tert-OH is 1. The van der Waals surface area contributed by atoms with Gasteiger partial charge in [0.05, 0.1) is 12.6 Å². The Kier molecular flexibility index (Phi) is 4.37. The van der Waals surface area contributed by atoms with Crippen LogP contribution in [0.5, 0.6) is 0 Å². The van der Waals surface area contributed by atoms with E-state index < -0.39 is 0 Å². The Labute approximate surface area is 127 Å². The Bertz CT molecular complexity index is 581. The highest BCUT2D eigenvalue weighted by Gasteiger charge is 2.25. The van der Waals surface area contributed by atoms with Crippen LogP contribution in [-0.4, -0.2) is 29.7 Å². The first-order valence-corrected chi connectivity index (χ1v) is 7.77. The lowest BCUT2D eigenvalue weighted by Crippen LogP contribution is -2.34. The van der Waals surface area contributed by atoms with Crippen molar-refractivity contribution in [2.45, 2.75) is 25.3 Å². The van der Waals surface area contributed by atoms with Gasteiger partial charge < -0.3 is 5.11 Å². The van der Waals surface area contributed by atoms with E-state index in [0.717, 1.165) is 19.5 Å². The molecule has 110 valence electrons. The molecule has 2 aromatic rings. The smallest absolute Gasteiger partial charge is 0.0628 e. The summed E-state index contributed by atoms with van der Waals surface area (Å²) in [6.07, 6.45) is 1.06. The molecule has 1 aliphatic heterocycles. The number of nitrogens with zero attached hydrogens (tertiary/aromatic N) is 1. The van der Waals surface area contributed by atoms with Crippen LogP contribution in [0.1, 0.15) is 35.6 Å². The molecule has 0 saturated carbocycles. The number of hydrogen-bond donors (Lipinski definition) is 1. The van der Waals surface area contributed by atoms with Crippen LogP contribution in [0.4, 0.5) is 0 Å². The molecule has 0 aliphatic carbocycles. The van der Waals surface area contributed by atoms with Crippen molar-refractivity contribution in [1.29, 1.82) is 0 Å². The minimum absolute atomic E-state index is 0.1000. The van der Waals surface area contributed by atoms with Gasteiger partial charge in [-0.3, -0.25) is 4.90 Å². The standard InChI is InChI=1S/C19H23NO/c1-15-13-20(12-11-16-7-5-6-10-18(15)16)19(14-21)17-8-3-2-4-9-17/h2-10,15,19,21H,11-14H2,1H3/t15-,19-/m1/s1. The molecule has 2 atom stereocenters. The monoisotopic (exact) mass is 281 g/mol. The Morgan fingerprint density at radius 1 is 1.10 bits per heavy atom. The van der Waals surface area contributed by atoms with Crippen molar-refractivity contribution in [1.82, 2.24) is 4.90 Å². The predicted molar refractivity (Wildman–Crippen MR) is 86.4 cm³/mol. The highest BCUT2D eigenvalue weighted by Crippen LogP contribution is 2.30. The third kappa shape index (κ3) is 3.02. The largest absolute Gasteiger partial charge is 0.394 e. The van der Waals surface area contributed by atoms with Crippen LogP contribution < -0.4 is 0 Å². The van der Waals surface area contributed by atoms with E-state index in [4.69, 9.17) is 0 Å². The maximum atomic E-state index is 9.89. The number of rotatable bonds is 3. The summed E-state index contributed by atoms with van der Waals surface area (Å²) in [6, 6.07) is 19.2. The quantitative estimate of drug-likeness (QED) is 0.932. The molecule has 0 fully saturated rings. The third-order valence-electron chi connectivity index (χ3n) is 4.56. The number of aliphatic hydroxyl groups is 1. The van der Waals surface area contributed by atoms with Gasteiger partial charge >= 0.3 is 0 Å². The van der Waals surface area contributed by atoms with Crippen LogP contribution in [0.15, 0.2) is 54.6 Å². The molecule has 1 aliphatic rings. The molecule has 0 spiro atoms. The van der Waals surface area contributed by atoms with Crippen molar-refractivity contribution in [3.05, 3.63) is 71.3 Å². The summed E-state index contributed by atoms with van der Waals surface area (Å²) in [5.74, 6) is 0.501. The van der Waals surface area contributed by atoms with Crippen LogP contribution in [-0.2, 0) is 6.42 Å². The average Bonchev–Trinajstić information content (AvgIpc) is 2.69. The molecule has 0 aromatic heterocycles. The summed E-state index contributed by atoms with van der Waals surface area (Å²) in [7, 11) is 0. The first kappa shape index (κ1) is 14.3. The van der Waals surface area contributed by atoms with E-state index in [-0.39, 0.29) is 12.6 Å². The summed E-state index contributed by atoms with van der Waals surface area (Å²) in [5.41, 5.74) is 4.13. The second-order valence-corrected chi connectivity index (χ2v) is 5.95. The van der Waals surface area contributed by atoms with Gasteiger partial charge in [-0.25, -0.2) is 0 Å². The summed E-state index contributed by atoms with van der Waals surface area (Å²) in [4.78, 5) is 2.43. The number of benzene rings is 2. The molecule has 1 N–H and O–H groups in total. The van der Waals surface area contributed by atoms with E-state index in [1.807, 2.05) is 18.2 Å². The van der Waals surface area contributed by atoms with E-state index in [2.05, 4.69) is 48.2 Å². The molecule has 0 unspecified atom stereocenters. The summed E-state index contributed by atoms with van der Waals surface area (Å²) in [6.45, 7) is 4.46. The van der Waals surface area contributed by atoms with E-state index in [1.54, 1.807) is 0 Å². The lowest BCUT2D eigenvalue weighted by Gasteiger charge is -2.31. The van der Waals surface area contributed by atoms with Gasteiger partial charge in [-0.15, -0.1) is 0 Å². The molecule has 0 amide bonds. The van der Waals surface area contributed by atoms with Gasteiger partial charge in [0.25, 0.3) is 0 Å². The van der Waals surface area contributed by atoms with Crippen molar-refractivity contribution in [3.63, 3.8) is 0 Å². The third-order valence-corrected chi connectivity index (χ3v) is 4.56. The Hall–Kier alpha value is -1.64. The molecule has 1 heterocycles. The normalized spacial score (nSPS) is 20.6. The van der Waals surface area contributed by atoms with Gasteiger partial charge in [-0.1, -0.05) is 61.5 Å². The van der Waals surface area contributed by atoms with E-state index in [9.17, 15) is 5.11 Å². The topological polar surface area (TPSA) is 23.5 Å². The van der Waals surface area contributed by atoms with Crippen molar-refractivity contribution in [3.8, 4) is 0 Å². The minimum Gasteiger partial charge on any atom is -0.394 e. The van der Waals surface area contributed by atoms with Crippen molar-refractivity contribution >= 4 is 0 Å². The lowest BCUT2D eigenvalue weighted by atomic mass is 9.95. The molecule has 2 nitrogen and oxygen atoms in total. The molecule has 21 heavy (non-hydrogen) atoms. The van der Waals surface area contributed by atoms with Crippen LogP contribution >= 0.6 is 0 Å². The minimum atomic E-state index is 0.1000. The van der Waals surface area contributed by atoms with Crippen LogP contribution in [0, 0.1) is 0 Å². The van der Waals surface area contributed by atoms with Gasteiger partial charge in [-0.05, 0) is 29.0 Å². The molecule has 0 radical (unpaired) electrons. The fourth-order valence-corrected chi connectivity index (χ4v) is 3.44. The number of hydrogen-bond acceptors (Lipinski definition) is 2. The Balaban J connectivity index is 1.84. The van der Waals surface area contributed by atoms with Gasteiger partial charge in [0.15, 0.2) is 0 Å². The molecule has 2 aromatic carbocycles. The zero-order chi connectivity index (χ0) is 14.7. The highest BCUT2D eigenvalue weighted by molar-refractivity contribution is 5.32. The number of fused-ring (bicyclic) bond motifs is 1. The highest BCUT2D eigenvalue weighted by atomic mass is 16.3. The maximum absolute atomic E-state index is 9.89. The van der Waals surface area contributed by atoms with Crippen molar-refractivity contribution in [2.75, 3.05) is 19.7 Å². The van der Waals surface area contributed by atoms with Gasteiger partial charge in [-0.2, -0.15) is 0 Å². The van der Waals surface area contributed by atoms with E-state index in [1.165, 1.54) is 16.7 Å². The van der Waals surface area contributed by atoms with E-state index >= 15 is 0 Å². The molecule has 0 bridgehead atoms. The second-order valence-electron chi connectivity index (χ2n) is 5.95. The zero-order valence-electron chi connectivity index (χ0n) is 12.6. The van der Waals surface area contributed by atoms with Crippen LogP contribution in [0.2, 0.25) is 0 Å². The van der Waals surface area contributed by atoms with Crippen LogP contribution in [0.3, 0.4) is 0 Å². The van der Waals surface area contributed by atoms with Gasteiger partial charge in [0.2, 0.25) is 0 Å². The SMILES string of the molecule is C[C@@H]1CN([C@H](CO)c2ccccc2)CCc2ccccc21. The Morgan fingerprint density at radius 3 is 2.57 bits per heavy atom. The van der Waals surface area contributed by atoms with E-state index in [0.29, 0.717) is 5.92 Å². The summed E-state index contributed by atoms with van der Waals surface area (Å²) in [5, 5.41) is 9.89. The van der Waals surface area contributed by atoms with Gasteiger partial charge in [0, 0.05) is 13.1 Å². The average molecular weight is 281 g/mol. The Morgan fingerprint density at radius 2 is 1.81 bits per heavy atom. The van der Waals surface area contributed by atoms with Gasteiger partial charge in [0.1, 0.15) is 0 Å². The summed E-state index contributed by atoms with van der Waals surface area (Å²) < 4.78 is 0. The van der Waals surface area contributed by atoms with Crippen molar-refractivity contribution in [2.24, 2.45) is 0 Å². The zero-order valence-corrected chi connectivity index (χ0v) is 12.6. The first-order chi connectivity index (χ1) is 10.3. The fourth-order valence-electron chi connectivity index (χ4n) is 3.44. The van der Waals surface area contributed by atoms with Crippen molar-refractivity contribution < 1.29 is 5.11 Å². The molecule has 0 saturated heterocycles. The second kappa shape index (κ2) is 6.42. The summed E-state index contributed by atoms with van der Waals surface area (Å²) >= 11 is 0. The molecule has 2 heteroatoms. The molecular formula is C19H23NO. The van der Waals surface area contributed by atoms with Crippen LogP contribution in [0.25, 0.3) is 0 Å². The maximum Gasteiger partial charge on any atom is 0.0628 e. The predicted octanol–water partition coefficient (Wildman–Crippen LogP) is 3.38.